The average Bonchev–Trinajstić information content (AvgIpc) is 3.24. The van der Waals surface area contributed by atoms with Crippen LogP contribution in [-0.2, 0) is 0 Å². The Labute approximate surface area is 160 Å². The zero-order valence-electron chi connectivity index (χ0n) is 13.7. The zero-order chi connectivity index (χ0) is 18.3. The van der Waals surface area contributed by atoms with Crippen molar-refractivity contribution in [3.63, 3.8) is 0 Å². The number of para-hydroxylation sites is 1. The maximum Gasteiger partial charge on any atom is 0.163 e. The monoisotopic (exact) mass is 378 g/mol. The van der Waals surface area contributed by atoms with Crippen LogP contribution in [0.2, 0.25) is 5.02 Å². The second-order valence-electron chi connectivity index (χ2n) is 5.74. The van der Waals surface area contributed by atoms with E-state index in [4.69, 9.17) is 19.4 Å². The van der Waals surface area contributed by atoms with Gasteiger partial charge in [0.15, 0.2) is 11.9 Å². The number of anilines is 2. The van der Waals surface area contributed by atoms with Crippen LogP contribution < -0.4 is 10.8 Å². The lowest BCUT2D eigenvalue weighted by molar-refractivity contribution is 0.112. The van der Waals surface area contributed by atoms with Crippen LogP contribution in [0.3, 0.4) is 0 Å². The van der Waals surface area contributed by atoms with E-state index in [1.807, 2.05) is 18.4 Å². The van der Waals surface area contributed by atoms with Crippen LogP contribution in [0.1, 0.15) is 15.4 Å². The van der Waals surface area contributed by atoms with E-state index in [-0.39, 0.29) is 0 Å². The van der Waals surface area contributed by atoms with Crippen molar-refractivity contribution in [2.45, 2.75) is 6.92 Å². The van der Waals surface area contributed by atoms with Gasteiger partial charge in [0, 0.05) is 10.8 Å². The maximum atomic E-state index is 10.9. The molecule has 2 radical (unpaired) electrons. The smallest absolute Gasteiger partial charge is 0.163 e. The SMILES string of the molecule is [B]c1cccc(Cl)c1Nc1cc2cnn(-c3csc(C=O)c3)c2nc1C. The number of rotatable bonds is 4. The molecule has 0 unspecified atom stereocenters. The largest absolute Gasteiger partial charge is 0.353 e. The van der Waals surface area contributed by atoms with Crippen LogP contribution in [0.5, 0.6) is 0 Å². The molecule has 8 heteroatoms. The second kappa shape index (κ2) is 6.59. The molecule has 0 saturated carbocycles. The molecule has 0 fully saturated rings. The summed E-state index contributed by atoms with van der Waals surface area (Å²) in [6.45, 7) is 1.90. The average molecular weight is 379 g/mol. The summed E-state index contributed by atoms with van der Waals surface area (Å²) < 4.78 is 1.72. The van der Waals surface area contributed by atoms with Crippen molar-refractivity contribution in [1.29, 1.82) is 0 Å². The van der Waals surface area contributed by atoms with Gasteiger partial charge < -0.3 is 5.32 Å². The fraction of sp³-hybridized carbons (Fsp3) is 0.0556. The first-order valence-electron chi connectivity index (χ1n) is 7.77. The van der Waals surface area contributed by atoms with Gasteiger partial charge in [-0.2, -0.15) is 5.10 Å². The van der Waals surface area contributed by atoms with Crippen LogP contribution in [0, 0.1) is 6.92 Å². The minimum atomic E-state index is 0.542. The number of aldehydes is 1. The molecule has 4 rings (SSSR count). The number of fused-ring (bicyclic) bond motifs is 1. The van der Waals surface area contributed by atoms with Crippen molar-refractivity contribution in [3.05, 3.63) is 57.5 Å². The number of carbonyl (C=O) groups excluding carboxylic acids is 1. The minimum absolute atomic E-state index is 0.542. The number of carbonyl (C=O) groups is 1. The van der Waals surface area contributed by atoms with E-state index in [1.165, 1.54) is 11.3 Å². The Balaban J connectivity index is 1.77. The van der Waals surface area contributed by atoms with E-state index < -0.39 is 0 Å². The predicted octanol–water partition coefficient (Wildman–Crippen LogP) is 3.79. The number of hydrogen-bond donors (Lipinski definition) is 1. The summed E-state index contributed by atoms with van der Waals surface area (Å²) in [6, 6.07) is 9.11. The number of thiophene rings is 1. The van der Waals surface area contributed by atoms with Crippen molar-refractivity contribution in [2.24, 2.45) is 0 Å². The number of halogens is 1. The van der Waals surface area contributed by atoms with Crippen LogP contribution in [0.25, 0.3) is 16.7 Å². The molecule has 5 nitrogen and oxygen atoms in total. The molecule has 0 saturated heterocycles. The minimum Gasteiger partial charge on any atom is -0.353 e. The molecule has 1 aromatic carbocycles. The van der Waals surface area contributed by atoms with Crippen LogP contribution in [0.15, 0.2) is 41.9 Å². The molecule has 0 bridgehead atoms. The van der Waals surface area contributed by atoms with Gasteiger partial charge in [0.05, 0.1) is 38.9 Å². The van der Waals surface area contributed by atoms with E-state index in [2.05, 4.69) is 15.4 Å². The van der Waals surface area contributed by atoms with Gasteiger partial charge in [-0.25, -0.2) is 9.67 Å². The van der Waals surface area contributed by atoms with Gasteiger partial charge in [0.25, 0.3) is 0 Å². The summed E-state index contributed by atoms with van der Waals surface area (Å²) in [7, 11) is 6.02. The predicted molar refractivity (Wildman–Crippen MR) is 107 cm³/mol. The first kappa shape index (κ1) is 16.8. The molecule has 0 aliphatic carbocycles. The molecule has 26 heavy (non-hydrogen) atoms. The molecule has 0 aliphatic heterocycles. The number of aryl methyl sites for hydroxylation is 1. The van der Waals surface area contributed by atoms with Gasteiger partial charge in [-0.15, -0.1) is 11.3 Å². The molecular formula is C18H12BClN4OS. The molecule has 0 spiro atoms. The number of hydrogen-bond acceptors (Lipinski definition) is 5. The molecule has 3 heterocycles. The zero-order valence-corrected chi connectivity index (χ0v) is 15.3. The summed E-state index contributed by atoms with van der Waals surface area (Å²) in [4.78, 5) is 16.2. The van der Waals surface area contributed by atoms with E-state index in [1.54, 1.807) is 35.1 Å². The lowest BCUT2D eigenvalue weighted by Crippen LogP contribution is -2.10. The topological polar surface area (TPSA) is 59.8 Å². The highest BCUT2D eigenvalue weighted by atomic mass is 35.5. The normalized spacial score (nSPS) is 11.0. The number of nitrogens with one attached hydrogen (secondary N) is 1. The highest BCUT2D eigenvalue weighted by Crippen LogP contribution is 2.28. The third-order valence-electron chi connectivity index (χ3n) is 4.01. The quantitative estimate of drug-likeness (QED) is 0.433. The highest BCUT2D eigenvalue weighted by Gasteiger charge is 2.13. The number of pyridine rings is 1. The van der Waals surface area contributed by atoms with E-state index in [0.29, 0.717) is 21.0 Å². The molecular weight excluding hydrogens is 367 g/mol. The lowest BCUT2D eigenvalue weighted by atomic mass is 9.94. The van der Waals surface area contributed by atoms with Gasteiger partial charge in [-0.05, 0) is 25.1 Å². The van der Waals surface area contributed by atoms with Crippen LogP contribution >= 0.6 is 22.9 Å². The van der Waals surface area contributed by atoms with Gasteiger partial charge in [0.1, 0.15) is 7.85 Å². The van der Waals surface area contributed by atoms with Crippen molar-refractivity contribution < 1.29 is 4.79 Å². The third-order valence-corrected chi connectivity index (χ3v) is 5.17. The Hall–Kier alpha value is -2.64. The van der Waals surface area contributed by atoms with Crippen molar-refractivity contribution in [1.82, 2.24) is 14.8 Å². The number of aromatic nitrogens is 3. The summed E-state index contributed by atoms with van der Waals surface area (Å²) in [5.41, 5.74) is 4.33. The highest BCUT2D eigenvalue weighted by molar-refractivity contribution is 7.12. The number of nitrogens with zero attached hydrogens (tertiary/aromatic N) is 3. The first-order chi connectivity index (χ1) is 12.6. The summed E-state index contributed by atoms with van der Waals surface area (Å²) in [5.74, 6) is 0. The van der Waals surface area contributed by atoms with E-state index in [0.717, 1.165) is 34.4 Å². The number of benzene rings is 1. The Bertz CT molecular complexity index is 1120. The third kappa shape index (κ3) is 2.89. The first-order valence-corrected chi connectivity index (χ1v) is 9.03. The molecule has 0 atom stereocenters. The molecule has 0 amide bonds. The Morgan fingerprint density at radius 3 is 2.92 bits per heavy atom. The maximum absolute atomic E-state index is 10.9. The second-order valence-corrected chi connectivity index (χ2v) is 7.09. The molecule has 126 valence electrons. The summed E-state index contributed by atoms with van der Waals surface area (Å²) in [5, 5.41) is 11.0. The van der Waals surface area contributed by atoms with Crippen molar-refractivity contribution in [2.75, 3.05) is 5.32 Å². The van der Waals surface area contributed by atoms with Crippen molar-refractivity contribution in [3.8, 4) is 5.69 Å². The van der Waals surface area contributed by atoms with Gasteiger partial charge >= 0.3 is 0 Å². The fourth-order valence-electron chi connectivity index (χ4n) is 2.69. The van der Waals surface area contributed by atoms with Gasteiger partial charge in [0.2, 0.25) is 0 Å². The molecule has 4 aromatic rings. The van der Waals surface area contributed by atoms with Crippen LogP contribution in [0.4, 0.5) is 11.4 Å². The molecule has 1 N–H and O–H groups in total. The molecule has 3 aromatic heterocycles. The van der Waals surface area contributed by atoms with E-state index in [9.17, 15) is 4.79 Å². The van der Waals surface area contributed by atoms with Gasteiger partial charge in [-0.1, -0.05) is 29.2 Å². The summed E-state index contributed by atoms with van der Waals surface area (Å²) >= 11 is 7.61. The Morgan fingerprint density at radius 2 is 2.19 bits per heavy atom. The van der Waals surface area contributed by atoms with Gasteiger partial charge in [-0.3, -0.25) is 4.79 Å². The lowest BCUT2D eigenvalue weighted by Gasteiger charge is -2.13. The van der Waals surface area contributed by atoms with Crippen molar-refractivity contribution >= 4 is 64.9 Å². The Morgan fingerprint density at radius 1 is 1.35 bits per heavy atom. The fourth-order valence-corrected chi connectivity index (χ4v) is 3.58. The van der Waals surface area contributed by atoms with Crippen LogP contribution in [-0.4, -0.2) is 28.9 Å². The molecule has 0 aliphatic rings. The summed E-state index contributed by atoms with van der Waals surface area (Å²) in [6.07, 6.45) is 2.57. The Kier molecular flexibility index (Phi) is 4.26. The van der Waals surface area contributed by atoms with E-state index >= 15 is 0 Å². The standard InChI is InChI=1S/C18H12BClN4OS/c1-10-16(23-17-14(19)3-2-4-15(17)20)5-11-7-21-24(18(11)22-10)12-6-13(8-25)26-9-12/h2-9,23H,1H3.